The zero-order valence-corrected chi connectivity index (χ0v) is 11.9. The molecule has 1 heterocycles. The van der Waals surface area contributed by atoms with E-state index in [9.17, 15) is 4.79 Å². The molecular formula is C13H17ClN2OS. The summed E-state index contributed by atoms with van der Waals surface area (Å²) in [6.45, 7) is 1.88. The Hall–Kier alpha value is -0.710. The molecular weight excluding hydrogens is 268 g/mol. The van der Waals surface area contributed by atoms with Gasteiger partial charge in [0.1, 0.15) is 0 Å². The molecule has 1 fully saturated rings. The molecule has 1 aliphatic rings. The van der Waals surface area contributed by atoms with E-state index in [0.29, 0.717) is 10.6 Å². The number of carbonyl (C=O) groups excluding carboxylic acids is 1. The summed E-state index contributed by atoms with van der Waals surface area (Å²) >= 11 is 7.68. The topological polar surface area (TPSA) is 41.1 Å². The van der Waals surface area contributed by atoms with E-state index in [2.05, 4.69) is 10.6 Å². The first-order valence-corrected chi connectivity index (χ1v) is 7.66. The monoisotopic (exact) mass is 284 g/mol. The van der Waals surface area contributed by atoms with Gasteiger partial charge in [0, 0.05) is 17.5 Å². The van der Waals surface area contributed by atoms with Crippen molar-refractivity contribution < 1.29 is 4.79 Å². The van der Waals surface area contributed by atoms with Crippen molar-refractivity contribution in [2.75, 3.05) is 19.3 Å². The summed E-state index contributed by atoms with van der Waals surface area (Å²) < 4.78 is 0. The zero-order valence-electron chi connectivity index (χ0n) is 10.3. The number of piperidine rings is 1. The van der Waals surface area contributed by atoms with Crippen LogP contribution in [-0.4, -0.2) is 31.3 Å². The van der Waals surface area contributed by atoms with E-state index in [1.165, 1.54) is 0 Å². The summed E-state index contributed by atoms with van der Waals surface area (Å²) in [5.41, 5.74) is 0.564. The summed E-state index contributed by atoms with van der Waals surface area (Å²) in [6, 6.07) is 5.76. The average molecular weight is 285 g/mol. The summed E-state index contributed by atoms with van der Waals surface area (Å²) in [4.78, 5) is 13.2. The van der Waals surface area contributed by atoms with Gasteiger partial charge >= 0.3 is 0 Å². The molecule has 1 amide bonds. The summed E-state index contributed by atoms with van der Waals surface area (Å²) in [7, 11) is 0. The van der Waals surface area contributed by atoms with Crippen molar-refractivity contribution in [2.24, 2.45) is 0 Å². The second-order valence-corrected chi connectivity index (χ2v) is 5.65. The van der Waals surface area contributed by atoms with Crippen molar-refractivity contribution in [3.8, 4) is 0 Å². The number of rotatable bonds is 3. The van der Waals surface area contributed by atoms with Gasteiger partial charge in [-0.15, -0.1) is 11.8 Å². The molecule has 0 aromatic heterocycles. The van der Waals surface area contributed by atoms with Crippen molar-refractivity contribution in [3.63, 3.8) is 0 Å². The third kappa shape index (κ3) is 3.40. The Balaban J connectivity index is 2.07. The van der Waals surface area contributed by atoms with Crippen LogP contribution in [0.4, 0.5) is 0 Å². The van der Waals surface area contributed by atoms with Gasteiger partial charge in [0.05, 0.1) is 10.6 Å². The van der Waals surface area contributed by atoms with Crippen LogP contribution in [0.5, 0.6) is 0 Å². The average Bonchev–Trinajstić information content (AvgIpc) is 2.40. The number of thioether (sulfide) groups is 1. The van der Waals surface area contributed by atoms with Gasteiger partial charge < -0.3 is 10.6 Å². The number of benzene rings is 1. The SMILES string of the molecule is CSc1ccc(Cl)c(C(=O)N[C@@H]2CCCNC2)c1. The predicted molar refractivity (Wildman–Crippen MR) is 76.6 cm³/mol. The Kier molecular flexibility index (Phi) is 4.92. The van der Waals surface area contributed by atoms with Crippen molar-refractivity contribution in [1.29, 1.82) is 0 Å². The number of hydrogen-bond acceptors (Lipinski definition) is 3. The van der Waals surface area contributed by atoms with Crippen molar-refractivity contribution in [1.82, 2.24) is 10.6 Å². The van der Waals surface area contributed by atoms with Gasteiger partial charge in [0.15, 0.2) is 0 Å². The lowest BCUT2D eigenvalue weighted by atomic mass is 10.1. The largest absolute Gasteiger partial charge is 0.348 e. The lowest BCUT2D eigenvalue weighted by Crippen LogP contribution is -2.45. The molecule has 0 saturated carbocycles. The number of halogens is 1. The molecule has 2 rings (SSSR count). The highest BCUT2D eigenvalue weighted by molar-refractivity contribution is 7.98. The molecule has 1 saturated heterocycles. The zero-order chi connectivity index (χ0) is 13.0. The lowest BCUT2D eigenvalue weighted by molar-refractivity contribution is 0.0930. The van der Waals surface area contributed by atoms with Gasteiger partial charge in [-0.2, -0.15) is 0 Å². The minimum absolute atomic E-state index is 0.0791. The van der Waals surface area contributed by atoms with Crippen LogP contribution in [-0.2, 0) is 0 Å². The molecule has 5 heteroatoms. The first-order chi connectivity index (χ1) is 8.70. The van der Waals surface area contributed by atoms with Crippen LogP contribution in [0, 0.1) is 0 Å². The van der Waals surface area contributed by atoms with Gasteiger partial charge in [0.2, 0.25) is 0 Å². The Morgan fingerprint density at radius 1 is 1.56 bits per heavy atom. The molecule has 2 N–H and O–H groups in total. The molecule has 1 aliphatic heterocycles. The maximum Gasteiger partial charge on any atom is 0.253 e. The lowest BCUT2D eigenvalue weighted by Gasteiger charge is -2.24. The molecule has 0 unspecified atom stereocenters. The molecule has 1 atom stereocenters. The fourth-order valence-electron chi connectivity index (χ4n) is 2.04. The van der Waals surface area contributed by atoms with Crippen LogP contribution >= 0.6 is 23.4 Å². The molecule has 0 aliphatic carbocycles. The van der Waals surface area contributed by atoms with E-state index in [0.717, 1.165) is 30.8 Å². The Morgan fingerprint density at radius 3 is 3.06 bits per heavy atom. The van der Waals surface area contributed by atoms with Crippen LogP contribution in [0.15, 0.2) is 23.1 Å². The Labute approximate surface area is 117 Å². The van der Waals surface area contributed by atoms with E-state index < -0.39 is 0 Å². The van der Waals surface area contributed by atoms with Crippen molar-refractivity contribution >= 4 is 29.3 Å². The molecule has 98 valence electrons. The van der Waals surface area contributed by atoms with Gasteiger partial charge in [-0.25, -0.2) is 0 Å². The fourth-order valence-corrected chi connectivity index (χ4v) is 2.69. The van der Waals surface area contributed by atoms with Crippen LogP contribution in [0.1, 0.15) is 23.2 Å². The first-order valence-electron chi connectivity index (χ1n) is 6.06. The van der Waals surface area contributed by atoms with Crippen LogP contribution in [0.3, 0.4) is 0 Å². The van der Waals surface area contributed by atoms with Gasteiger partial charge in [-0.05, 0) is 43.8 Å². The number of hydrogen-bond donors (Lipinski definition) is 2. The van der Waals surface area contributed by atoms with Crippen LogP contribution < -0.4 is 10.6 Å². The molecule has 0 spiro atoms. The van der Waals surface area contributed by atoms with E-state index in [4.69, 9.17) is 11.6 Å². The maximum absolute atomic E-state index is 12.2. The predicted octanol–water partition coefficient (Wildman–Crippen LogP) is 2.54. The first kappa shape index (κ1) is 13.7. The second-order valence-electron chi connectivity index (χ2n) is 4.36. The number of amides is 1. The highest BCUT2D eigenvalue weighted by Gasteiger charge is 2.18. The van der Waals surface area contributed by atoms with E-state index in [1.807, 2.05) is 18.4 Å². The highest BCUT2D eigenvalue weighted by atomic mass is 35.5. The van der Waals surface area contributed by atoms with E-state index >= 15 is 0 Å². The fraction of sp³-hybridized carbons (Fsp3) is 0.462. The molecule has 18 heavy (non-hydrogen) atoms. The smallest absolute Gasteiger partial charge is 0.253 e. The van der Waals surface area contributed by atoms with Gasteiger partial charge in [-0.3, -0.25) is 4.79 Å². The van der Waals surface area contributed by atoms with Crippen molar-refractivity contribution in [2.45, 2.75) is 23.8 Å². The normalized spacial score (nSPS) is 19.6. The van der Waals surface area contributed by atoms with Gasteiger partial charge in [0.25, 0.3) is 5.91 Å². The molecule has 0 bridgehead atoms. The Bertz CT molecular complexity index is 433. The maximum atomic E-state index is 12.2. The summed E-state index contributed by atoms with van der Waals surface area (Å²) in [5, 5.41) is 6.82. The second kappa shape index (κ2) is 6.45. The highest BCUT2D eigenvalue weighted by Crippen LogP contribution is 2.23. The van der Waals surface area contributed by atoms with E-state index in [-0.39, 0.29) is 11.9 Å². The molecule has 1 aromatic carbocycles. The third-order valence-electron chi connectivity index (χ3n) is 3.05. The molecule has 0 radical (unpaired) electrons. The standard InChI is InChI=1S/C13H17ClN2OS/c1-18-10-4-5-12(14)11(7-10)13(17)16-9-3-2-6-15-8-9/h4-5,7,9,15H,2-3,6,8H2,1H3,(H,16,17)/t9-/m1/s1. The number of carbonyl (C=O) groups is 1. The van der Waals surface area contributed by atoms with Crippen LogP contribution in [0.25, 0.3) is 0 Å². The third-order valence-corrected chi connectivity index (χ3v) is 4.11. The Morgan fingerprint density at radius 2 is 2.39 bits per heavy atom. The number of nitrogens with one attached hydrogen (secondary N) is 2. The van der Waals surface area contributed by atoms with Gasteiger partial charge in [-0.1, -0.05) is 11.6 Å². The minimum Gasteiger partial charge on any atom is -0.348 e. The minimum atomic E-state index is -0.0791. The quantitative estimate of drug-likeness (QED) is 0.838. The van der Waals surface area contributed by atoms with Crippen LogP contribution in [0.2, 0.25) is 5.02 Å². The van der Waals surface area contributed by atoms with E-state index in [1.54, 1.807) is 17.8 Å². The summed E-state index contributed by atoms with van der Waals surface area (Å²) in [6.07, 6.45) is 4.11. The molecule has 1 aromatic rings. The molecule has 3 nitrogen and oxygen atoms in total. The van der Waals surface area contributed by atoms with Crippen molar-refractivity contribution in [3.05, 3.63) is 28.8 Å². The summed E-state index contributed by atoms with van der Waals surface area (Å²) in [5.74, 6) is -0.0791.